The van der Waals surface area contributed by atoms with Gasteiger partial charge in [-0.2, -0.15) is 0 Å². The first kappa shape index (κ1) is 19.5. The second-order valence-electron chi connectivity index (χ2n) is 6.19. The van der Waals surface area contributed by atoms with Crippen molar-refractivity contribution in [1.29, 1.82) is 0 Å². The van der Waals surface area contributed by atoms with Crippen LogP contribution in [-0.4, -0.2) is 9.85 Å². The van der Waals surface area contributed by atoms with Crippen LogP contribution in [0.15, 0.2) is 66.7 Å². The SMILES string of the molecule is Nc1ccccc1/C=C/c1cc(/C=C/c2ccccc2)c([N+](=O)[O-])cc1[N+](=O)[O-]. The molecule has 0 aromatic heterocycles. The van der Waals surface area contributed by atoms with Crippen LogP contribution in [0.5, 0.6) is 0 Å². The number of rotatable bonds is 6. The summed E-state index contributed by atoms with van der Waals surface area (Å²) < 4.78 is 0. The van der Waals surface area contributed by atoms with Crippen molar-refractivity contribution in [3.63, 3.8) is 0 Å². The zero-order chi connectivity index (χ0) is 20.8. The number of hydrogen-bond donors (Lipinski definition) is 1. The van der Waals surface area contributed by atoms with E-state index in [2.05, 4.69) is 0 Å². The Balaban J connectivity index is 2.09. The van der Waals surface area contributed by atoms with Crippen LogP contribution in [0.25, 0.3) is 24.3 Å². The highest BCUT2D eigenvalue weighted by molar-refractivity contribution is 5.83. The van der Waals surface area contributed by atoms with Crippen LogP contribution >= 0.6 is 0 Å². The lowest BCUT2D eigenvalue weighted by atomic mass is 10.0. The highest BCUT2D eigenvalue weighted by Crippen LogP contribution is 2.32. The first-order valence-corrected chi connectivity index (χ1v) is 8.68. The summed E-state index contributed by atoms with van der Waals surface area (Å²) in [7, 11) is 0. The molecule has 0 bridgehead atoms. The minimum atomic E-state index is -0.633. The van der Waals surface area contributed by atoms with Gasteiger partial charge in [-0.1, -0.05) is 60.7 Å². The fourth-order valence-corrected chi connectivity index (χ4v) is 2.79. The van der Waals surface area contributed by atoms with E-state index in [-0.39, 0.29) is 22.5 Å². The molecule has 0 amide bonds. The highest BCUT2D eigenvalue weighted by Gasteiger charge is 2.22. The van der Waals surface area contributed by atoms with Crippen LogP contribution in [0, 0.1) is 20.2 Å². The predicted octanol–water partition coefficient (Wildman–Crippen LogP) is 5.43. The molecule has 0 atom stereocenters. The molecule has 3 aromatic carbocycles. The van der Waals surface area contributed by atoms with Crippen LogP contribution in [0.4, 0.5) is 17.1 Å². The second-order valence-corrected chi connectivity index (χ2v) is 6.19. The van der Waals surface area contributed by atoms with Crippen molar-refractivity contribution in [3.8, 4) is 0 Å². The van der Waals surface area contributed by atoms with Crippen LogP contribution in [0.1, 0.15) is 22.3 Å². The normalized spacial score (nSPS) is 11.2. The van der Waals surface area contributed by atoms with Gasteiger partial charge in [0.25, 0.3) is 11.4 Å². The van der Waals surface area contributed by atoms with Crippen molar-refractivity contribution in [2.75, 3.05) is 5.73 Å². The summed E-state index contributed by atoms with van der Waals surface area (Å²) in [5.74, 6) is 0. The molecule has 0 radical (unpaired) electrons. The highest BCUT2D eigenvalue weighted by atomic mass is 16.6. The third-order valence-corrected chi connectivity index (χ3v) is 4.26. The molecular weight excluding hydrogens is 370 g/mol. The molecule has 0 saturated carbocycles. The lowest BCUT2D eigenvalue weighted by Crippen LogP contribution is -1.98. The Bertz CT molecular complexity index is 1120. The first-order chi connectivity index (χ1) is 14.0. The van der Waals surface area contributed by atoms with Crippen molar-refractivity contribution in [1.82, 2.24) is 0 Å². The molecule has 3 rings (SSSR count). The molecule has 0 spiro atoms. The van der Waals surface area contributed by atoms with Crippen molar-refractivity contribution in [3.05, 3.63) is 109 Å². The molecule has 0 aliphatic heterocycles. The van der Waals surface area contributed by atoms with E-state index in [0.717, 1.165) is 11.6 Å². The summed E-state index contributed by atoms with van der Waals surface area (Å²) in [5, 5.41) is 22.9. The molecule has 0 aliphatic rings. The minimum Gasteiger partial charge on any atom is -0.398 e. The number of benzene rings is 3. The van der Waals surface area contributed by atoms with Gasteiger partial charge >= 0.3 is 0 Å². The number of para-hydroxylation sites is 1. The fourth-order valence-electron chi connectivity index (χ4n) is 2.79. The molecular formula is C22H17N3O4. The molecule has 3 aromatic rings. The van der Waals surface area contributed by atoms with Gasteiger partial charge in [-0.15, -0.1) is 0 Å². The fraction of sp³-hybridized carbons (Fsp3) is 0. The van der Waals surface area contributed by atoms with Gasteiger partial charge in [-0.3, -0.25) is 20.2 Å². The topological polar surface area (TPSA) is 112 Å². The van der Waals surface area contributed by atoms with Gasteiger partial charge in [-0.25, -0.2) is 0 Å². The summed E-state index contributed by atoms with van der Waals surface area (Å²) >= 11 is 0. The summed E-state index contributed by atoms with van der Waals surface area (Å²) in [6, 6.07) is 18.8. The molecule has 0 heterocycles. The maximum atomic E-state index is 11.5. The number of anilines is 1. The Kier molecular flexibility index (Phi) is 5.80. The molecule has 0 fully saturated rings. The standard InChI is InChI=1S/C22H17N3O4/c23-20-9-5-4-8-17(20)12-13-19-14-18(11-10-16-6-2-1-3-7-16)21(24(26)27)15-22(19)25(28)29/h1-15H,23H2/b11-10+,13-12+. The van der Waals surface area contributed by atoms with E-state index in [1.165, 1.54) is 12.1 Å². The Morgan fingerprint density at radius 2 is 1.17 bits per heavy atom. The van der Waals surface area contributed by atoms with Gasteiger partial charge in [0.15, 0.2) is 0 Å². The van der Waals surface area contributed by atoms with E-state index in [4.69, 9.17) is 5.73 Å². The zero-order valence-corrected chi connectivity index (χ0v) is 15.3. The van der Waals surface area contributed by atoms with E-state index < -0.39 is 9.85 Å². The summed E-state index contributed by atoms with van der Waals surface area (Å²) in [4.78, 5) is 21.7. The number of nitrogen functional groups attached to an aromatic ring is 1. The molecule has 7 nitrogen and oxygen atoms in total. The summed E-state index contributed by atoms with van der Waals surface area (Å²) in [5.41, 5.74) is 7.81. The molecule has 0 unspecified atom stereocenters. The van der Waals surface area contributed by atoms with Crippen molar-refractivity contribution >= 4 is 41.4 Å². The van der Waals surface area contributed by atoms with Crippen molar-refractivity contribution in [2.45, 2.75) is 0 Å². The van der Waals surface area contributed by atoms with Crippen LogP contribution in [0.3, 0.4) is 0 Å². The van der Waals surface area contributed by atoms with Gasteiger partial charge in [0.05, 0.1) is 27.0 Å². The van der Waals surface area contributed by atoms with Crippen molar-refractivity contribution < 1.29 is 9.85 Å². The van der Waals surface area contributed by atoms with Crippen molar-refractivity contribution in [2.24, 2.45) is 0 Å². The molecule has 7 heteroatoms. The number of hydrogen-bond acceptors (Lipinski definition) is 5. The quantitative estimate of drug-likeness (QED) is 0.262. The molecule has 0 saturated heterocycles. The van der Waals surface area contributed by atoms with Gasteiger partial charge in [0.2, 0.25) is 0 Å². The van der Waals surface area contributed by atoms with E-state index in [1.807, 2.05) is 30.3 Å². The summed E-state index contributed by atoms with van der Waals surface area (Å²) in [6.07, 6.45) is 6.48. The number of nitrogens with two attached hydrogens (primary N) is 1. The van der Waals surface area contributed by atoms with E-state index in [0.29, 0.717) is 11.3 Å². The van der Waals surface area contributed by atoms with Gasteiger partial charge in [-0.05, 0) is 35.4 Å². The number of nitro benzene ring substituents is 2. The maximum absolute atomic E-state index is 11.5. The molecule has 2 N–H and O–H groups in total. The predicted molar refractivity (Wildman–Crippen MR) is 115 cm³/mol. The lowest BCUT2D eigenvalue weighted by molar-refractivity contribution is -0.394. The largest absolute Gasteiger partial charge is 0.398 e. The van der Waals surface area contributed by atoms with Gasteiger partial charge in [0, 0.05) is 5.69 Å². The van der Waals surface area contributed by atoms with Crippen LogP contribution < -0.4 is 5.73 Å². The summed E-state index contributed by atoms with van der Waals surface area (Å²) in [6.45, 7) is 0. The Hall–Kier alpha value is -4.26. The Labute approximate surface area is 166 Å². The van der Waals surface area contributed by atoms with E-state index in [1.54, 1.807) is 42.5 Å². The molecule has 0 aliphatic carbocycles. The third kappa shape index (κ3) is 4.72. The maximum Gasteiger partial charge on any atom is 0.283 e. The number of nitro groups is 2. The minimum absolute atomic E-state index is 0.247. The lowest BCUT2D eigenvalue weighted by Gasteiger charge is -2.04. The van der Waals surface area contributed by atoms with Crippen LogP contribution in [0.2, 0.25) is 0 Å². The van der Waals surface area contributed by atoms with Gasteiger partial charge in [0.1, 0.15) is 0 Å². The van der Waals surface area contributed by atoms with Gasteiger partial charge < -0.3 is 5.73 Å². The van der Waals surface area contributed by atoms with E-state index >= 15 is 0 Å². The second kappa shape index (κ2) is 8.62. The third-order valence-electron chi connectivity index (χ3n) is 4.26. The smallest absolute Gasteiger partial charge is 0.283 e. The monoisotopic (exact) mass is 387 g/mol. The molecule has 29 heavy (non-hydrogen) atoms. The van der Waals surface area contributed by atoms with E-state index in [9.17, 15) is 20.2 Å². The zero-order valence-electron chi connectivity index (χ0n) is 15.3. The average molecular weight is 387 g/mol. The molecule has 144 valence electrons. The average Bonchev–Trinajstić information content (AvgIpc) is 2.71. The van der Waals surface area contributed by atoms with Crippen LogP contribution in [-0.2, 0) is 0 Å². The number of nitrogens with zero attached hydrogens (tertiary/aromatic N) is 2. The Morgan fingerprint density at radius 3 is 1.76 bits per heavy atom. The Morgan fingerprint density at radius 1 is 0.655 bits per heavy atom. The first-order valence-electron chi connectivity index (χ1n) is 8.68.